The van der Waals surface area contributed by atoms with Crippen LogP contribution in [0.4, 0.5) is 5.69 Å². The monoisotopic (exact) mass is 191 g/mol. The van der Waals surface area contributed by atoms with Crippen LogP contribution in [0.15, 0.2) is 11.0 Å². The fourth-order valence-electron chi connectivity index (χ4n) is 0.764. The molecule has 0 amide bonds. The van der Waals surface area contributed by atoms with Crippen LogP contribution in [0.2, 0.25) is 0 Å². The largest absolute Gasteiger partial charge is 0.396 e. The maximum absolute atomic E-state index is 10.8. The van der Waals surface area contributed by atoms with Gasteiger partial charge in [-0.15, -0.1) is 12.4 Å². The fraction of sp³-hybridized carbons (Fsp3) is 0.333. The zero-order chi connectivity index (χ0) is 8.27. The third kappa shape index (κ3) is 2.21. The molecule has 1 aromatic heterocycles. The molecule has 1 rings (SSSR count). The summed E-state index contributed by atoms with van der Waals surface area (Å²) in [5.41, 5.74) is 5.68. The van der Waals surface area contributed by atoms with Crippen molar-refractivity contribution >= 4 is 18.1 Å². The van der Waals surface area contributed by atoms with E-state index in [0.29, 0.717) is 12.0 Å². The molecule has 0 fully saturated rings. The number of H-pyrrole nitrogens is 1. The molecule has 12 heavy (non-hydrogen) atoms. The van der Waals surface area contributed by atoms with Crippen LogP contribution in [-0.2, 0) is 6.42 Å². The van der Waals surface area contributed by atoms with Crippen molar-refractivity contribution in [3.63, 3.8) is 0 Å². The Kier molecular flexibility index (Phi) is 4.31. The first-order chi connectivity index (χ1) is 5.25. The Morgan fingerprint density at radius 2 is 2.33 bits per heavy atom. The Balaban J connectivity index is 0.00000121. The van der Waals surface area contributed by atoms with Gasteiger partial charge in [-0.25, -0.2) is 5.10 Å². The van der Waals surface area contributed by atoms with Crippen LogP contribution < -0.4 is 11.3 Å². The van der Waals surface area contributed by atoms with Crippen molar-refractivity contribution in [3.8, 4) is 0 Å². The van der Waals surface area contributed by atoms with E-state index in [1.165, 1.54) is 6.20 Å². The molecule has 6 heteroatoms. The van der Waals surface area contributed by atoms with Gasteiger partial charge in [-0.1, -0.05) is 0 Å². The summed E-state index contributed by atoms with van der Waals surface area (Å²) in [5.74, 6) is 0. The Morgan fingerprint density at radius 3 is 2.92 bits per heavy atom. The Hall–Kier alpha value is -1.07. The van der Waals surface area contributed by atoms with E-state index in [9.17, 15) is 4.79 Å². The molecular formula is C6H10ClN3O2. The van der Waals surface area contributed by atoms with Gasteiger partial charge < -0.3 is 10.8 Å². The van der Waals surface area contributed by atoms with Gasteiger partial charge in [0.05, 0.1) is 6.20 Å². The number of hydrogen-bond acceptors (Lipinski definition) is 4. The number of nitrogens with one attached hydrogen (secondary N) is 1. The summed E-state index contributed by atoms with van der Waals surface area (Å²) in [5, 5.41) is 14.3. The van der Waals surface area contributed by atoms with Crippen molar-refractivity contribution in [1.29, 1.82) is 0 Å². The van der Waals surface area contributed by atoms with E-state index < -0.39 is 5.56 Å². The Labute approximate surface area is 75.0 Å². The number of aliphatic hydroxyl groups is 1. The predicted molar refractivity (Wildman–Crippen MR) is 47.3 cm³/mol. The van der Waals surface area contributed by atoms with Gasteiger partial charge in [-0.2, -0.15) is 5.10 Å². The second-order valence-corrected chi connectivity index (χ2v) is 2.11. The second kappa shape index (κ2) is 4.74. The van der Waals surface area contributed by atoms with Gasteiger partial charge in [0.2, 0.25) is 0 Å². The maximum atomic E-state index is 10.8. The van der Waals surface area contributed by atoms with E-state index in [2.05, 4.69) is 10.2 Å². The molecular weight excluding hydrogens is 182 g/mol. The van der Waals surface area contributed by atoms with Gasteiger partial charge in [0.1, 0.15) is 5.69 Å². The molecule has 0 saturated carbocycles. The molecule has 5 nitrogen and oxygen atoms in total. The molecule has 0 atom stereocenters. The van der Waals surface area contributed by atoms with E-state index in [4.69, 9.17) is 10.8 Å². The molecule has 0 radical (unpaired) electrons. The van der Waals surface area contributed by atoms with Crippen LogP contribution in [-0.4, -0.2) is 21.9 Å². The average Bonchev–Trinajstić information content (AvgIpc) is 1.99. The van der Waals surface area contributed by atoms with Gasteiger partial charge in [0.15, 0.2) is 0 Å². The molecule has 0 bridgehead atoms. The number of nitrogen functional groups attached to an aromatic ring is 1. The number of anilines is 1. The molecule has 0 spiro atoms. The average molecular weight is 192 g/mol. The molecule has 4 N–H and O–H groups in total. The smallest absolute Gasteiger partial charge is 0.287 e. The summed E-state index contributed by atoms with van der Waals surface area (Å²) in [7, 11) is 0. The lowest BCUT2D eigenvalue weighted by molar-refractivity contribution is 0.299. The van der Waals surface area contributed by atoms with E-state index in [1.54, 1.807) is 0 Å². The van der Waals surface area contributed by atoms with E-state index in [1.807, 2.05) is 0 Å². The Bertz CT molecular complexity index is 299. The number of hydrogen-bond donors (Lipinski definition) is 3. The minimum atomic E-state index is -0.407. The first-order valence-corrected chi connectivity index (χ1v) is 3.18. The first kappa shape index (κ1) is 10.9. The molecule has 0 aliphatic rings. The molecule has 0 unspecified atom stereocenters. The molecule has 0 aromatic carbocycles. The highest BCUT2D eigenvalue weighted by Crippen LogP contribution is 2.01. The minimum Gasteiger partial charge on any atom is -0.396 e. The molecule has 0 aliphatic heterocycles. The SMILES string of the molecule is Cl.Nc1c(CCO)cn[nH]c1=O. The van der Waals surface area contributed by atoms with E-state index >= 15 is 0 Å². The number of nitrogens with two attached hydrogens (primary N) is 1. The molecule has 0 aliphatic carbocycles. The van der Waals surface area contributed by atoms with Crippen LogP contribution in [0.3, 0.4) is 0 Å². The van der Waals surface area contributed by atoms with Gasteiger partial charge in [-0.3, -0.25) is 4.79 Å². The first-order valence-electron chi connectivity index (χ1n) is 3.18. The third-order valence-corrected chi connectivity index (χ3v) is 1.36. The topological polar surface area (TPSA) is 92.0 Å². The number of rotatable bonds is 2. The van der Waals surface area contributed by atoms with E-state index in [-0.39, 0.29) is 24.7 Å². The van der Waals surface area contributed by atoms with Crippen LogP contribution in [0.25, 0.3) is 0 Å². The van der Waals surface area contributed by atoms with Gasteiger partial charge in [0.25, 0.3) is 5.56 Å². The van der Waals surface area contributed by atoms with Crippen molar-refractivity contribution < 1.29 is 5.11 Å². The van der Waals surface area contributed by atoms with E-state index in [0.717, 1.165) is 0 Å². The highest BCUT2D eigenvalue weighted by atomic mass is 35.5. The van der Waals surface area contributed by atoms with Gasteiger partial charge in [0, 0.05) is 12.2 Å². The Morgan fingerprint density at radius 1 is 1.67 bits per heavy atom. The highest BCUT2D eigenvalue weighted by Gasteiger charge is 2.01. The maximum Gasteiger partial charge on any atom is 0.287 e. The van der Waals surface area contributed by atoms with Gasteiger partial charge in [-0.05, 0) is 6.42 Å². The summed E-state index contributed by atoms with van der Waals surface area (Å²) < 4.78 is 0. The zero-order valence-corrected chi connectivity index (χ0v) is 7.10. The molecule has 0 saturated heterocycles. The molecule has 68 valence electrons. The van der Waals surface area contributed by atoms with Crippen molar-refractivity contribution in [3.05, 3.63) is 22.1 Å². The second-order valence-electron chi connectivity index (χ2n) is 2.11. The number of halogens is 1. The number of aromatic nitrogens is 2. The lowest BCUT2D eigenvalue weighted by Crippen LogP contribution is -2.16. The van der Waals surface area contributed by atoms with Crippen molar-refractivity contribution in [2.75, 3.05) is 12.3 Å². The molecule has 1 heterocycles. The van der Waals surface area contributed by atoms with Gasteiger partial charge >= 0.3 is 0 Å². The van der Waals surface area contributed by atoms with Crippen LogP contribution >= 0.6 is 12.4 Å². The predicted octanol–water partition coefficient (Wildman–Crippen LogP) is -0.691. The normalized spacial score (nSPS) is 9.08. The lowest BCUT2D eigenvalue weighted by atomic mass is 10.2. The van der Waals surface area contributed by atoms with Crippen molar-refractivity contribution in [2.45, 2.75) is 6.42 Å². The quantitative estimate of drug-likeness (QED) is 0.577. The summed E-state index contributed by atoms with van der Waals surface area (Å²) in [4.78, 5) is 10.8. The van der Waals surface area contributed by atoms with Crippen molar-refractivity contribution in [2.24, 2.45) is 0 Å². The fourth-order valence-corrected chi connectivity index (χ4v) is 0.764. The van der Waals surface area contributed by atoms with Crippen molar-refractivity contribution in [1.82, 2.24) is 10.2 Å². The number of nitrogens with zero attached hydrogens (tertiary/aromatic N) is 1. The summed E-state index contributed by atoms with van der Waals surface area (Å²) in [6.07, 6.45) is 1.80. The molecule has 1 aromatic rings. The lowest BCUT2D eigenvalue weighted by Gasteiger charge is -1.98. The number of aliphatic hydroxyl groups excluding tert-OH is 1. The minimum absolute atomic E-state index is 0. The standard InChI is InChI=1S/C6H9N3O2.ClH/c7-5-4(1-2-10)3-8-9-6(5)11;/h3,10H,1-2H2,(H2,7,8)(H,9,11);1H. The summed E-state index contributed by atoms with van der Waals surface area (Å²) >= 11 is 0. The van der Waals surface area contributed by atoms with Crippen LogP contribution in [0.1, 0.15) is 5.56 Å². The highest BCUT2D eigenvalue weighted by molar-refractivity contribution is 5.85. The zero-order valence-electron chi connectivity index (χ0n) is 6.28. The summed E-state index contributed by atoms with van der Waals surface area (Å²) in [6.45, 7) is -0.0324. The van der Waals surface area contributed by atoms with Crippen LogP contribution in [0.5, 0.6) is 0 Å². The van der Waals surface area contributed by atoms with Crippen LogP contribution in [0, 0.1) is 0 Å². The summed E-state index contributed by atoms with van der Waals surface area (Å²) in [6, 6.07) is 0. The number of aromatic amines is 1. The third-order valence-electron chi connectivity index (χ3n) is 1.36.